The van der Waals surface area contributed by atoms with Gasteiger partial charge in [0.25, 0.3) is 0 Å². The normalized spacial score (nSPS) is 11.0. The Morgan fingerprint density at radius 2 is 2.00 bits per heavy atom. The average Bonchev–Trinajstić information content (AvgIpc) is 2.89. The summed E-state index contributed by atoms with van der Waals surface area (Å²) in [7, 11) is 0. The molecule has 1 heterocycles. The van der Waals surface area contributed by atoms with E-state index in [1.165, 1.54) is 22.2 Å². The summed E-state index contributed by atoms with van der Waals surface area (Å²) in [5.74, 6) is 1.14. The Balaban J connectivity index is 2.01. The minimum absolute atomic E-state index is 0.872. The topological polar surface area (TPSA) is 34.4 Å². The maximum absolute atomic E-state index is 4.84. The lowest BCUT2D eigenvalue weighted by molar-refractivity contribution is -0.586. The third-order valence-corrected chi connectivity index (χ3v) is 4.27. The van der Waals surface area contributed by atoms with Crippen LogP contribution in [0.5, 0.6) is 0 Å². The van der Waals surface area contributed by atoms with Crippen molar-refractivity contribution in [3.63, 3.8) is 0 Å². The van der Waals surface area contributed by atoms with Crippen molar-refractivity contribution in [3.05, 3.63) is 77.8 Å². The van der Waals surface area contributed by atoms with Crippen LogP contribution in [0, 0.1) is 13.8 Å². The molecule has 0 radical (unpaired) electrons. The van der Waals surface area contributed by atoms with Crippen molar-refractivity contribution in [2.24, 2.45) is 0 Å². The molecule has 0 saturated carbocycles. The van der Waals surface area contributed by atoms with E-state index in [0.717, 1.165) is 30.9 Å². The molecule has 1 aromatic heterocycles. The fourth-order valence-corrected chi connectivity index (χ4v) is 2.96. The second kappa shape index (κ2) is 6.80. The first-order valence-electron chi connectivity index (χ1n) is 8.13. The van der Waals surface area contributed by atoms with Crippen LogP contribution < -0.4 is 5.32 Å². The number of benzene rings is 2. The summed E-state index contributed by atoms with van der Waals surface area (Å²) >= 11 is 0. The smallest absolute Gasteiger partial charge is 0.115 e. The molecule has 0 fully saturated rings. The van der Waals surface area contributed by atoms with Crippen LogP contribution in [0.25, 0.3) is 11.0 Å². The molecule has 0 aliphatic heterocycles. The van der Waals surface area contributed by atoms with Crippen molar-refractivity contribution in [1.82, 2.24) is 9.55 Å². The summed E-state index contributed by atoms with van der Waals surface area (Å²) in [4.78, 5) is 4.84. The molecule has 0 unspecified atom stereocenters. The van der Waals surface area contributed by atoms with Gasteiger partial charge in [0.05, 0.1) is 30.2 Å². The molecule has 0 saturated heterocycles. The van der Waals surface area contributed by atoms with Crippen LogP contribution in [0.2, 0.25) is 0 Å². The number of imidazole rings is 1. The SMILES string of the molecule is C=C[NH2+]CCc1nc2ccccc2n1Cc1cc(C)ccc1C. The van der Waals surface area contributed by atoms with E-state index >= 15 is 0 Å². The van der Waals surface area contributed by atoms with E-state index < -0.39 is 0 Å². The van der Waals surface area contributed by atoms with Crippen LogP contribution in [0.3, 0.4) is 0 Å². The Bertz CT molecular complexity index is 830. The number of para-hydroxylation sites is 2. The van der Waals surface area contributed by atoms with Gasteiger partial charge in [-0.2, -0.15) is 0 Å². The molecule has 0 atom stereocenters. The number of hydrogen-bond donors (Lipinski definition) is 1. The van der Waals surface area contributed by atoms with Crippen LogP contribution in [0.1, 0.15) is 22.5 Å². The van der Waals surface area contributed by atoms with Gasteiger partial charge in [0, 0.05) is 6.54 Å². The maximum atomic E-state index is 4.84. The molecule has 3 rings (SSSR count). The Kier molecular flexibility index (Phi) is 4.58. The van der Waals surface area contributed by atoms with Crippen molar-refractivity contribution in [2.45, 2.75) is 26.8 Å². The first kappa shape index (κ1) is 15.5. The molecular formula is C20H24N3+. The molecule has 2 aromatic carbocycles. The molecule has 3 heteroatoms. The monoisotopic (exact) mass is 306 g/mol. The standard InChI is InChI=1S/C20H23N3/c1-4-21-12-11-20-22-18-7-5-6-8-19(18)23(20)14-17-13-15(2)9-10-16(17)3/h4-10,13,21H,1,11-12,14H2,2-3H3/p+1. The van der Waals surface area contributed by atoms with E-state index in [-0.39, 0.29) is 0 Å². The fraction of sp³-hybridized carbons (Fsp3) is 0.250. The predicted molar refractivity (Wildman–Crippen MR) is 95.4 cm³/mol. The molecule has 3 aromatic rings. The highest BCUT2D eigenvalue weighted by Gasteiger charge is 2.12. The van der Waals surface area contributed by atoms with Crippen molar-refractivity contribution in [2.75, 3.05) is 6.54 Å². The summed E-state index contributed by atoms with van der Waals surface area (Å²) in [6, 6.07) is 15.0. The number of rotatable bonds is 6. The number of aromatic nitrogens is 2. The lowest BCUT2D eigenvalue weighted by atomic mass is 10.1. The molecule has 2 N–H and O–H groups in total. The third-order valence-electron chi connectivity index (χ3n) is 4.27. The molecule has 23 heavy (non-hydrogen) atoms. The van der Waals surface area contributed by atoms with Gasteiger partial charge in [-0.05, 0) is 43.7 Å². The number of aryl methyl sites for hydroxylation is 2. The van der Waals surface area contributed by atoms with Gasteiger partial charge in [0.1, 0.15) is 5.82 Å². The Labute approximate surface area is 137 Å². The van der Waals surface area contributed by atoms with Gasteiger partial charge in [0.2, 0.25) is 0 Å². The first-order valence-corrected chi connectivity index (χ1v) is 8.13. The maximum Gasteiger partial charge on any atom is 0.115 e. The first-order chi connectivity index (χ1) is 11.2. The van der Waals surface area contributed by atoms with Crippen LogP contribution in [0.4, 0.5) is 0 Å². The molecule has 0 aliphatic carbocycles. The molecule has 118 valence electrons. The Morgan fingerprint density at radius 3 is 2.83 bits per heavy atom. The summed E-state index contributed by atoms with van der Waals surface area (Å²) in [6.45, 7) is 9.93. The van der Waals surface area contributed by atoms with Gasteiger partial charge in [-0.1, -0.05) is 35.9 Å². The van der Waals surface area contributed by atoms with Crippen molar-refractivity contribution in [1.29, 1.82) is 0 Å². The minimum Gasteiger partial charge on any atom is -0.323 e. The van der Waals surface area contributed by atoms with E-state index in [2.05, 4.69) is 72.8 Å². The molecule has 0 spiro atoms. The molecule has 0 amide bonds. The summed E-state index contributed by atoms with van der Waals surface area (Å²) in [5, 5.41) is 2.10. The summed E-state index contributed by atoms with van der Waals surface area (Å²) in [6.07, 6.45) is 2.79. The van der Waals surface area contributed by atoms with Crippen LogP contribution in [0.15, 0.2) is 55.2 Å². The highest BCUT2D eigenvalue weighted by molar-refractivity contribution is 5.76. The zero-order valence-corrected chi connectivity index (χ0v) is 13.9. The van der Waals surface area contributed by atoms with Gasteiger partial charge in [-0.25, -0.2) is 4.98 Å². The summed E-state index contributed by atoms with van der Waals surface area (Å²) < 4.78 is 2.36. The molecule has 3 nitrogen and oxygen atoms in total. The van der Waals surface area contributed by atoms with Crippen LogP contribution >= 0.6 is 0 Å². The van der Waals surface area contributed by atoms with Gasteiger partial charge < -0.3 is 9.88 Å². The van der Waals surface area contributed by atoms with Crippen molar-refractivity contribution in [3.8, 4) is 0 Å². The number of quaternary nitrogens is 1. The lowest BCUT2D eigenvalue weighted by Gasteiger charge is -2.12. The van der Waals surface area contributed by atoms with E-state index in [4.69, 9.17) is 4.98 Å². The molecule has 0 bridgehead atoms. The van der Waals surface area contributed by atoms with Gasteiger partial charge in [-0.3, -0.25) is 0 Å². The van der Waals surface area contributed by atoms with Gasteiger partial charge in [-0.15, -0.1) is 0 Å². The van der Waals surface area contributed by atoms with Gasteiger partial charge >= 0.3 is 0 Å². The largest absolute Gasteiger partial charge is 0.323 e. The van der Waals surface area contributed by atoms with Crippen LogP contribution in [-0.4, -0.2) is 16.1 Å². The zero-order chi connectivity index (χ0) is 16.2. The highest BCUT2D eigenvalue weighted by atomic mass is 15.1. The number of fused-ring (bicyclic) bond motifs is 1. The van der Waals surface area contributed by atoms with E-state index in [0.29, 0.717) is 0 Å². The second-order valence-electron chi connectivity index (χ2n) is 6.04. The van der Waals surface area contributed by atoms with E-state index in [1.54, 1.807) is 0 Å². The molecular weight excluding hydrogens is 282 g/mol. The van der Waals surface area contributed by atoms with Crippen molar-refractivity contribution < 1.29 is 5.32 Å². The zero-order valence-electron chi connectivity index (χ0n) is 13.9. The van der Waals surface area contributed by atoms with E-state index in [1.807, 2.05) is 6.20 Å². The second-order valence-corrected chi connectivity index (χ2v) is 6.04. The highest BCUT2D eigenvalue weighted by Crippen LogP contribution is 2.20. The minimum atomic E-state index is 0.872. The number of nitrogens with two attached hydrogens (primary N) is 1. The van der Waals surface area contributed by atoms with Gasteiger partial charge in [0.15, 0.2) is 0 Å². The predicted octanol–water partition coefficient (Wildman–Crippen LogP) is 2.95. The van der Waals surface area contributed by atoms with Crippen LogP contribution in [-0.2, 0) is 13.0 Å². The quantitative estimate of drug-likeness (QED) is 0.698. The Morgan fingerprint density at radius 1 is 1.17 bits per heavy atom. The van der Waals surface area contributed by atoms with Crippen molar-refractivity contribution >= 4 is 11.0 Å². The summed E-state index contributed by atoms with van der Waals surface area (Å²) in [5.41, 5.74) is 6.28. The fourth-order valence-electron chi connectivity index (χ4n) is 2.96. The number of hydrogen-bond acceptors (Lipinski definition) is 1. The molecule has 0 aliphatic rings. The van der Waals surface area contributed by atoms with E-state index in [9.17, 15) is 0 Å². The number of nitrogens with zero attached hydrogens (tertiary/aromatic N) is 2. The lowest BCUT2D eigenvalue weighted by Crippen LogP contribution is -2.78. The average molecular weight is 306 g/mol. The third kappa shape index (κ3) is 3.35. The Hall–Kier alpha value is -2.39.